The van der Waals surface area contributed by atoms with Crippen LogP contribution in [0.3, 0.4) is 0 Å². The van der Waals surface area contributed by atoms with Gasteiger partial charge in [0.05, 0.1) is 29.5 Å². The van der Waals surface area contributed by atoms with Crippen LogP contribution in [0, 0.1) is 54.3 Å². The van der Waals surface area contributed by atoms with Crippen LogP contribution in [0.5, 0.6) is 0 Å². The smallest absolute Gasteiger partial charge is 0.282 e. The van der Waals surface area contributed by atoms with Crippen LogP contribution < -0.4 is 0 Å². The van der Waals surface area contributed by atoms with Crippen molar-refractivity contribution in [2.45, 2.75) is 36.7 Å². The Labute approximate surface area is 271 Å². The van der Waals surface area contributed by atoms with Crippen LogP contribution in [0.15, 0.2) is 88.7 Å². The molecule has 0 saturated heterocycles. The van der Waals surface area contributed by atoms with Gasteiger partial charge in [-0.1, -0.05) is 35.4 Å². The van der Waals surface area contributed by atoms with Crippen molar-refractivity contribution in [2.24, 2.45) is 0 Å². The van der Waals surface area contributed by atoms with Crippen molar-refractivity contribution in [2.75, 3.05) is 0 Å². The van der Waals surface area contributed by atoms with E-state index in [0.717, 1.165) is 42.0 Å². The first-order chi connectivity index (χ1) is 22.3. The Kier molecular flexibility index (Phi) is 11.3. The maximum Gasteiger partial charge on any atom is 0.297 e. The molecule has 252 valence electrons. The highest BCUT2D eigenvalue weighted by Gasteiger charge is 2.28. The van der Waals surface area contributed by atoms with Crippen LogP contribution in [-0.4, -0.2) is 41.1 Å². The number of nitro benzene ring substituents is 4. The van der Waals surface area contributed by atoms with Crippen LogP contribution in [0.4, 0.5) is 22.7 Å². The second-order valence-electron chi connectivity index (χ2n) is 9.87. The minimum atomic E-state index is -4.58. The van der Waals surface area contributed by atoms with Gasteiger partial charge in [-0.2, -0.15) is 16.8 Å². The third-order valence-corrected chi connectivity index (χ3v) is 8.80. The molecule has 4 aromatic carbocycles. The number of rotatable bonds is 11. The van der Waals surface area contributed by atoms with Gasteiger partial charge in [0.25, 0.3) is 43.0 Å². The first-order valence-electron chi connectivity index (χ1n) is 13.2. The summed E-state index contributed by atoms with van der Waals surface area (Å²) in [5.74, 6) is 0. The van der Waals surface area contributed by atoms with E-state index in [0.29, 0.717) is 5.56 Å². The van der Waals surface area contributed by atoms with Crippen LogP contribution in [0.1, 0.15) is 27.8 Å². The molecule has 0 aliphatic rings. The number of nitro groups is 4. The van der Waals surface area contributed by atoms with E-state index < -0.39 is 79.7 Å². The highest BCUT2D eigenvalue weighted by Crippen LogP contribution is 2.33. The van der Waals surface area contributed by atoms with E-state index in [2.05, 4.69) is 0 Å². The molecule has 18 nitrogen and oxygen atoms in total. The SMILES string of the molecule is Cc1ccc(S(=O)(=O)O)c(Cc2c([N+](=O)[O-])cccc2[N+](=O)[O-])c1.Cc1ccc(S(=O)(=O)OCc2c([N+](=O)[O-])cccc2[N+](=O)[O-])cc1. The molecule has 0 aromatic heterocycles. The lowest BCUT2D eigenvalue weighted by atomic mass is 10.00. The molecule has 0 amide bonds. The molecule has 0 atom stereocenters. The Morgan fingerprint density at radius 2 is 1.04 bits per heavy atom. The van der Waals surface area contributed by atoms with E-state index in [4.69, 9.17) is 4.18 Å². The average molecular weight is 705 g/mol. The second-order valence-corrected chi connectivity index (χ2v) is 12.9. The van der Waals surface area contributed by atoms with Gasteiger partial charge in [0.15, 0.2) is 0 Å². The summed E-state index contributed by atoms with van der Waals surface area (Å²) in [6, 6.07) is 16.4. The summed E-state index contributed by atoms with van der Waals surface area (Å²) in [6.45, 7) is 2.61. The van der Waals surface area contributed by atoms with Crippen LogP contribution in [0.2, 0.25) is 0 Å². The number of aryl methyl sites for hydroxylation is 2. The molecule has 48 heavy (non-hydrogen) atoms. The molecule has 0 radical (unpaired) electrons. The second kappa shape index (κ2) is 14.8. The van der Waals surface area contributed by atoms with E-state index >= 15 is 0 Å². The van der Waals surface area contributed by atoms with Gasteiger partial charge < -0.3 is 0 Å². The maximum absolute atomic E-state index is 12.1. The summed E-state index contributed by atoms with van der Waals surface area (Å²) in [4.78, 5) is 40.5. The number of benzene rings is 4. The van der Waals surface area contributed by atoms with Gasteiger partial charge in [0.2, 0.25) is 0 Å². The summed E-state index contributed by atoms with van der Waals surface area (Å²) >= 11 is 0. The molecule has 0 spiro atoms. The van der Waals surface area contributed by atoms with E-state index in [-0.39, 0.29) is 22.4 Å². The first-order valence-corrected chi connectivity index (χ1v) is 16.0. The third-order valence-electron chi connectivity index (χ3n) is 6.57. The number of nitrogens with zero attached hydrogens (tertiary/aromatic N) is 4. The zero-order chi connectivity index (χ0) is 36.0. The monoisotopic (exact) mass is 704 g/mol. The molecule has 20 heteroatoms. The Morgan fingerprint density at radius 3 is 1.46 bits per heavy atom. The predicted molar refractivity (Wildman–Crippen MR) is 166 cm³/mol. The lowest BCUT2D eigenvalue weighted by molar-refractivity contribution is -0.396. The summed E-state index contributed by atoms with van der Waals surface area (Å²) in [5.41, 5.74) is -1.28. The zero-order valence-electron chi connectivity index (χ0n) is 24.8. The van der Waals surface area contributed by atoms with Gasteiger partial charge in [-0.3, -0.25) is 49.2 Å². The molecule has 0 fully saturated rings. The van der Waals surface area contributed by atoms with Gasteiger partial charge in [-0.15, -0.1) is 0 Å². The maximum atomic E-state index is 12.1. The minimum absolute atomic E-state index is 0.0369. The molecule has 1 N–H and O–H groups in total. The Morgan fingerprint density at radius 1 is 0.625 bits per heavy atom. The summed E-state index contributed by atoms with van der Waals surface area (Å²) in [5, 5.41) is 44.3. The van der Waals surface area contributed by atoms with Gasteiger partial charge in [-0.05, 0) is 49.7 Å². The molecule has 0 unspecified atom stereocenters. The molecule has 4 rings (SSSR count). The van der Waals surface area contributed by atoms with Crippen molar-refractivity contribution in [1.29, 1.82) is 0 Å². The molecule has 0 heterocycles. The van der Waals surface area contributed by atoms with Crippen molar-refractivity contribution >= 4 is 43.0 Å². The quantitative estimate of drug-likeness (QED) is 0.0890. The summed E-state index contributed by atoms with van der Waals surface area (Å²) in [6.07, 6.45) is -0.385. The highest BCUT2D eigenvalue weighted by atomic mass is 32.2. The largest absolute Gasteiger partial charge is 0.297 e. The minimum Gasteiger partial charge on any atom is -0.282 e. The number of hydrogen-bond acceptors (Lipinski definition) is 13. The molecule has 0 aliphatic heterocycles. The van der Waals surface area contributed by atoms with Gasteiger partial charge in [-0.25, -0.2) is 0 Å². The normalized spacial score (nSPS) is 11.2. The average Bonchev–Trinajstić information content (AvgIpc) is 2.99. The molecular weight excluding hydrogens is 680 g/mol. The fourth-order valence-corrected chi connectivity index (χ4v) is 5.92. The van der Waals surface area contributed by atoms with Crippen molar-refractivity contribution in [1.82, 2.24) is 0 Å². The fourth-order valence-electron chi connectivity index (χ4n) is 4.34. The van der Waals surface area contributed by atoms with E-state index in [1.54, 1.807) is 26.0 Å². The zero-order valence-corrected chi connectivity index (χ0v) is 26.4. The Bertz CT molecular complexity index is 2070. The highest BCUT2D eigenvalue weighted by molar-refractivity contribution is 7.86. The van der Waals surface area contributed by atoms with Crippen molar-refractivity contribution in [3.63, 3.8) is 0 Å². The van der Waals surface area contributed by atoms with Gasteiger partial charge in [0.1, 0.15) is 17.7 Å². The lowest BCUT2D eigenvalue weighted by Crippen LogP contribution is -2.09. The standard InChI is InChI=1S/2C14H12N2O7S/c1-10-5-7-11(8-6-10)24(21,22)23-9-12-13(15(17)18)3-2-4-14(12)16(19)20;1-9-5-6-14(24(21,22)23)10(7-9)8-11-12(15(17)18)3-2-4-13(11)16(19)20/h2-8H,9H2,1H3;2-7H,8H2,1H3,(H,21,22,23). The van der Waals surface area contributed by atoms with E-state index in [1.807, 2.05) is 0 Å². The Hall–Kier alpha value is -5.70. The summed E-state index contributed by atoms with van der Waals surface area (Å²) in [7, 11) is -8.78. The third kappa shape index (κ3) is 8.97. The molecule has 0 saturated carbocycles. The van der Waals surface area contributed by atoms with Crippen LogP contribution >= 0.6 is 0 Å². The molecule has 0 bridgehead atoms. The van der Waals surface area contributed by atoms with E-state index in [9.17, 15) is 61.8 Å². The lowest BCUT2D eigenvalue weighted by Gasteiger charge is -2.09. The molecular formula is C28H24N4O14S2. The predicted octanol–water partition coefficient (Wildman–Crippen LogP) is 5.37. The van der Waals surface area contributed by atoms with Crippen LogP contribution in [0.25, 0.3) is 0 Å². The van der Waals surface area contributed by atoms with E-state index in [1.165, 1.54) is 30.3 Å². The number of hydrogen-bond donors (Lipinski definition) is 1. The van der Waals surface area contributed by atoms with Gasteiger partial charge in [0, 0.05) is 30.7 Å². The van der Waals surface area contributed by atoms with Crippen LogP contribution in [-0.2, 0) is 37.4 Å². The van der Waals surface area contributed by atoms with Gasteiger partial charge >= 0.3 is 0 Å². The molecule has 0 aliphatic carbocycles. The fraction of sp³-hybridized carbons (Fsp3) is 0.143. The topological polar surface area (TPSA) is 270 Å². The Balaban J connectivity index is 0.000000260. The molecule has 4 aromatic rings. The summed E-state index contributed by atoms with van der Waals surface area (Å²) < 4.78 is 61.3. The van der Waals surface area contributed by atoms with Crippen molar-refractivity contribution in [3.8, 4) is 0 Å². The van der Waals surface area contributed by atoms with Crippen molar-refractivity contribution in [3.05, 3.63) is 147 Å². The van der Waals surface area contributed by atoms with Crippen molar-refractivity contribution < 1.29 is 45.3 Å². The first kappa shape index (κ1) is 36.8.